The molecule has 2 unspecified atom stereocenters. The van der Waals surface area contributed by atoms with Crippen LogP contribution in [0.25, 0.3) is 11.0 Å². The highest BCUT2D eigenvalue weighted by atomic mass is 32.2. The fraction of sp³-hybridized carbons (Fsp3) is 0.533. The van der Waals surface area contributed by atoms with Crippen molar-refractivity contribution in [3.8, 4) is 0 Å². The number of thioether (sulfide) groups is 1. The standard InChI is InChI=1S/C15H22N2O3S/c1-10-4-5-13-14(6-10)17-15(16-13)21-9-12(18)8-20-11(2)7-19-3/h4-6,11-12,18H,7-9H2,1-3H3,(H,16,17). The molecule has 0 amide bonds. The largest absolute Gasteiger partial charge is 0.390 e. The Morgan fingerprint density at radius 3 is 2.95 bits per heavy atom. The molecule has 0 aliphatic rings. The monoisotopic (exact) mass is 310 g/mol. The summed E-state index contributed by atoms with van der Waals surface area (Å²) in [6.07, 6.45) is -0.534. The van der Waals surface area contributed by atoms with Crippen molar-refractivity contribution < 1.29 is 14.6 Å². The number of nitrogens with one attached hydrogen (secondary N) is 1. The lowest BCUT2D eigenvalue weighted by Crippen LogP contribution is -2.24. The Balaban J connectivity index is 1.81. The number of aliphatic hydroxyl groups is 1. The molecule has 1 heterocycles. The Kier molecular flexibility index (Phi) is 6.05. The van der Waals surface area contributed by atoms with Crippen molar-refractivity contribution in [3.63, 3.8) is 0 Å². The van der Waals surface area contributed by atoms with Crippen LogP contribution in [-0.4, -0.2) is 53.4 Å². The Bertz CT molecular complexity index is 573. The molecular formula is C15H22N2O3S. The molecule has 2 atom stereocenters. The second-order valence-corrected chi connectivity index (χ2v) is 6.14. The van der Waals surface area contributed by atoms with Gasteiger partial charge >= 0.3 is 0 Å². The maximum Gasteiger partial charge on any atom is 0.166 e. The van der Waals surface area contributed by atoms with E-state index in [1.165, 1.54) is 17.3 Å². The summed E-state index contributed by atoms with van der Waals surface area (Å²) in [6, 6.07) is 6.10. The second kappa shape index (κ2) is 7.79. The first-order valence-corrected chi connectivity index (χ1v) is 7.95. The molecule has 0 bridgehead atoms. The van der Waals surface area contributed by atoms with E-state index in [0.29, 0.717) is 19.0 Å². The zero-order valence-electron chi connectivity index (χ0n) is 12.6. The summed E-state index contributed by atoms with van der Waals surface area (Å²) in [7, 11) is 1.63. The molecule has 0 aliphatic heterocycles. The van der Waals surface area contributed by atoms with E-state index in [4.69, 9.17) is 9.47 Å². The Labute approximate surface area is 129 Å². The molecule has 2 rings (SSSR count). The summed E-state index contributed by atoms with van der Waals surface area (Å²) in [5.41, 5.74) is 3.17. The lowest BCUT2D eigenvalue weighted by Gasteiger charge is -2.15. The number of methoxy groups -OCH3 is 1. The molecule has 0 saturated carbocycles. The van der Waals surface area contributed by atoms with Crippen LogP contribution in [0.3, 0.4) is 0 Å². The molecule has 6 heteroatoms. The lowest BCUT2D eigenvalue weighted by molar-refractivity contribution is -0.0257. The quantitative estimate of drug-likeness (QED) is 0.733. The van der Waals surface area contributed by atoms with Crippen LogP contribution in [0.5, 0.6) is 0 Å². The number of nitrogens with zero attached hydrogens (tertiary/aromatic N) is 1. The minimum atomic E-state index is -0.524. The number of fused-ring (bicyclic) bond motifs is 1. The van der Waals surface area contributed by atoms with Crippen LogP contribution in [0.2, 0.25) is 0 Å². The highest BCUT2D eigenvalue weighted by Gasteiger charge is 2.10. The number of rotatable bonds is 8. The number of imidazole rings is 1. The van der Waals surface area contributed by atoms with Crippen molar-refractivity contribution >= 4 is 22.8 Å². The Morgan fingerprint density at radius 2 is 2.19 bits per heavy atom. The van der Waals surface area contributed by atoms with E-state index in [-0.39, 0.29) is 6.10 Å². The maximum atomic E-state index is 9.92. The topological polar surface area (TPSA) is 67.4 Å². The fourth-order valence-corrected chi connectivity index (χ4v) is 2.74. The van der Waals surface area contributed by atoms with Crippen LogP contribution in [0, 0.1) is 6.92 Å². The average molecular weight is 310 g/mol. The summed E-state index contributed by atoms with van der Waals surface area (Å²) < 4.78 is 10.5. The highest BCUT2D eigenvalue weighted by Crippen LogP contribution is 2.21. The first-order chi connectivity index (χ1) is 10.1. The summed E-state index contributed by atoms with van der Waals surface area (Å²) in [5, 5.41) is 10.7. The molecule has 0 aliphatic carbocycles. The number of ether oxygens (including phenoxy) is 2. The maximum absolute atomic E-state index is 9.92. The molecule has 0 fully saturated rings. The highest BCUT2D eigenvalue weighted by molar-refractivity contribution is 7.99. The van der Waals surface area contributed by atoms with Gasteiger partial charge in [0.1, 0.15) is 0 Å². The van der Waals surface area contributed by atoms with Crippen molar-refractivity contribution in [1.29, 1.82) is 0 Å². The number of hydrogen-bond acceptors (Lipinski definition) is 5. The van der Waals surface area contributed by atoms with Crippen molar-refractivity contribution in [3.05, 3.63) is 23.8 Å². The predicted octanol–water partition coefficient (Wildman–Crippen LogP) is 2.38. The Hall–Kier alpha value is -1.08. The molecule has 1 aromatic carbocycles. The van der Waals surface area contributed by atoms with Gasteiger partial charge in [0.05, 0.1) is 36.5 Å². The van der Waals surface area contributed by atoms with E-state index >= 15 is 0 Å². The van der Waals surface area contributed by atoms with Crippen molar-refractivity contribution in [2.75, 3.05) is 26.1 Å². The van der Waals surface area contributed by atoms with Crippen LogP contribution in [-0.2, 0) is 9.47 Å². The van der Waals surface area contributed by atoms with E-state index < -0.39 is 6.10 Å². The molecule has 1 aromatic heterocycles. The molecule has 2 aromatic rings. The van der Waals surface area contributed by atoms with Crippen LogP contribution in [0.4, 0.5) is 0 Å². The molecule has 5 nitrogen and oxygen atoms in total. The second-order valence-electron chi connectivity index (χ2n) is 5.13. The summed E-state index contributed by atoms with van der Waals surface area (Å²) in [6.45, 7) is 4.81. The lowest BCUT2D eigenvalue weighted by atomic mass is 10.2. The first-order valence-electron chi connectivity index (χ1n) is 6.96. The summed E-state index contributed by atoms with van der Waals surface area (Å²) in [4.78, 5) is 7.74. The zero-order valence-corrected chi connectivity index (χ0v) is 13.4. The van der Waals surface area contributed by atoms with Gasteiger partial charge in [0.2, 0.25) is 0 Å². The number of aryl methyl sites for hydroxylation is 1. The number of hydrogen-bond donors (Lipinski definition) is 2. The van der Waals surface area contributed by atoms with Gasteiger partial charge < -0.3 is 19.6 Å². The Morgan fingerprint density at radius 1 is 1.38 bits per heavy atom. The molecule has 116 valence electrons. The number of aromatic amines is 1. The van der Waals surface area contributed by atoms with E-state index in [1.54, 1.807) is 7.11 Å². The fourth-order valence-electron chi connectivity index (χ4n) is 1.95. The third-order valence-electron chi connectivity index (χ3n) is 3.00. The van der Waals surface area contributed by atoms with Gasteiger partial charge in [0.25, 0.3) is 0 Å². The van der Waals surface area contributed by atoms with Gasteiger partial charge in [0, 0.05) is 12.9 Å². The van der Waals surface area contributed by atoms with Gasteiger partial charge in [-0.1, -0.05) is 17.8 Å². The molecular weight excluding hydrogens is 288 g/mol. The van der Waals surface area contributed by atoms with Crippen LogP contribution < -0.4 is 0 Å². The molecule has 2 N–H and O–H groups in total. The van der Waals surface area contributed by atoms with Gasteiger partial charge in [-0.3, -0.25) is 0 Å². The van der Waals surface area contributed by atoms with E-state index in [1.807, 2.05) is 19.1 Å². The molecule has 21 heavy (non-hydrogen) atoms. The number of aliphatic hydroxyl groups excluding tert-OH is 1. The van der Waals surface area contributed by atoms with Gasteiger partial charge in [-0.05, 0) is 31.5 Å². The zero-order chi connectivity index (χ0) is 15.2. The van der Waals surface area contributed by atoms with Crippen LogP contribution in [0.1, 0.15) is 12.5 Å². The average Bonchev–Trinajstić information content (AvgIpc) is 2.85. The minimum Gasteiger partial charge on any atom is -0.390 e. The molecule has 0 spiro atoms. The third-order valence-corrected chi connectivity index (χ3v) is 4.02. The minimum absolute atomic E-state index is 0.0103. The molecule has 0 radical (unpaired) electrons. The van der Waals surface area contributed by atoms with Crippen molar-refractivity contribution in [1.82, 2.24) is 9.97 Å². The summed E-state index contributed by atoms with van der Waals surface area (Å²) >= 11 is 1.50. The number of aromatic nitrogens is 2. The van der Waals surface area contributed by atoms with E-state index in [9.17, 15) is 5.11 Å². The number of benzene rings is 1. The van der Waals surface area contributed by atoms with Gasteiger partial charge in [-0.25, -0.2) is 4.98 Å². The van der Waals surface area contributed by atoms with Crippen molar-refractivity contribution in [2.45, 2.75) is 31.2 Å². The van der Waals surface area contributed by atoms with Gasteiger partial charge in [-0.15, -0.1) is 0 Å². The predicted molar refractivity (Wildman–Crippen MR) is 84.9 cm³/mol. The third kappa shape index (κ3) is 5.00. The van der Waals surface area contributed by atoms with Gasteiger partial charge in [0.15, 0.2) is 5.16 Å². The number of H-pyrrole nitrogens is 1. The van der Waals surface area contributed by atoms with Crippen molar-refractivity contribution in [2.24, 2.45) is 0 Å². The normalized spacial score (nSPS) is 14.5. The van der Waals surface area contributed by atoms with E-state index in [0.717, 1.165) is 16.2 Å². The first kappa shape index (κ1) is 16.3. The SMILES string of the molecule is COCC(C)OCC(O)CSc1nc2ccc(C)cc2[nH]1. The van der Waals surface area contributed by atoms with Gasteiger partial charge in [-0.2, -0.15) is 0 Å². The summed E-state index contributed by atoms with van der Waals surface area (Å²) in [5.74, 6) is 0.540. The van der Waals surface area contributed by atoms with Crippen LogP contribution >= 0.6 is 11.8 Å². The smallest absolute Gasteiger partial charge is 0.166 e. The molecule has 0 saturated heterocycles. The van der Waals surface area contributed by atoms with Crippen LogP contribution in [0.15, 0.2) is 23.4 Å². The van der Waals surface area contributed by atoms with E-state index in [2.05, 4.69) is 23.0 Å².